The van der Waals surface area contributed by atoms with Crippen LogP contribution in [0.5, 0.6) is 0 Å². The number of anilines is 1. The van der Waals surface area contributed by atoms with Gasteiger partial charge >= 0.3 is 0 Å². The molecule has 8 heteroatoms. The minimum atomic E-state index is -0.502. The lowest BCUT2D eigenvalue weighted by atomic mass is 10.1. The minimum absolute atomic E-state index is 0.150. The fourth-order valence-electron chi connectivity index (χ4n) is 2.50. The van der Waals surface area contributed by atoms with Crippen molar-refractivity contribution in [1.29, 1.82) is 0 Å². The molecular formula is C19H23ClN4O3. The van der Waals surface area contributed by atoms with Gasteiger partial charge in [-0.15, -0.1) is 0 Å². The molecule has 0 bridgehead atoms. The zero-order valence-electron chi connectivity index (χ0n) is 15.4. The Bertz CT molecular complexity index is 811. The van der Waals surface area contributed by atoms with Crippen LogP contribution in [0.1, 0.15) is 22.3 Å². The van der Waals surface area contributed by atoms with E-state index in [-0.39, 0.29) is 17.2 Å². The van der Waals surface area contributed by atoms with Crippen molar-refractivity contribution in [2.45, 2.75) is 13.0 Å². The number of nitro benzene ring substituents is 1. The van der Waals surface area contributed by atoms with Crippen LogP contribution in [0.25, 0.3) is 0 Å². The Morgan fingerprint density at radius 3 is 2.63 bits per heavy atom. The summed E-state index contributed by atoms with van der Waals surface area (Å²) in [5.41, 5.74) is 1.28. The molecule has 0 heterocycles. The van der Waals surface area contributed by atoms with Crippen molar-refractivity contribution in [3.63, 3.8) is 0 Å². The van der Waals surface area contributed by atoms with E-state index in [0.29, 0.717) is 23.8 Å². The van der Waals surface area contributed by atoms with Crippen molar-refractivity contribution in [2.24, 2.45) is 0 Å². The standard InChI is InChI=1S/C19H23ClN4O3/c1-23(2)11-5-10-21-19(25)14-8-9-17(18(12-14)24(26)27)22-13-15-6-3-4-7-16(15)20/h3-4,6-9,12,22H,5,10-11,13H2,1-2H3,(H,21,25). The molecule has 0 fully saturated rings. The Kier molecular flexibility index (Phi) is 7.57. The van der Waals surface area contributed by atoms with Gasteiger partial charge in [0.15, 0.2) is 0 Å². The van der Waals surface area contributed by atoms with Crippen molar-refractivity contribution in [2.75, 3.05) is 32.5 Å². The highest BCUT2D eigenvalue weighted by molar-refractivity contribution is 6.31. The molecule has 0 radical (unpaired) electrons. The van der Waals surface area contributed by atoms with Gasteiger partial charge in [-0.05, 0) is 50.8 Å². The van der Waals surface area contributed by atoms with Crippen LogP contribution in [0, 0.1) is 10.1 Å². The normalized spacial score (nSPS) is 10.7. The van der Waals surface area contributed by atoms with E-state index in [9.17, 15) is 14.9 Å². The predicted octanol–water partition coefficient (Wildman–Crippen LogP) is 3.54. The van der Waals surface area contributed by atoms with Gasteiger partial charge in [-0.25, -0.2) is 0 Å². The monoisotopic (exact) mass is 390 g/mol. The van der Waals surface area contributed by atoms with Gasteiger partial charge in [0.25, 0.3) is 11.6 Å². The first kappa shape index (κ1) is 20.7. The molecule has 0 aliphatic heterocycles. The lowest BCUT2D eigenvalue weighted by Gasteiger charge is -2.11. The van der Waals surface area contributed by atoms with E-state index < -0.39 is 4.92 Å². The number of halogens is 1. The SMILES string of the molecule is CN(C)CCCNC(=O)c1ccc(NCc2ccccc2Cl)c([N+](=O)[O-])c1. The highest BCUT2D eigenvalue weighted by Crippen LogP contribution is 2.27. The van der Waals surface area contributed by atoms with E-state index in [4.69, 9.17) is 11.6 Å². The van der Waals surface area contributed by atoms with E-state index >= 15 is 0 Å². The van der Waals surface area contributed by atoms with E-state index in [1.807, 2.05) is 37.2 Å². The van der Waals surface area contributed by atoms with Crippen LogP contribution in [0.2, 0.25) is 5.02 Å². The number of benzene rings is 2. The largest absolute Gasteiger partial charge is 0.375 e. The van der Waals surface area contributed by atoms with Gasteiger partial charge in [0.2, 0.25) is 0 Å². The van der Waals surface area contributed by atoms with Gasteiger partial charge in [0.05, 0.1) is 4.92 Å². The zero-order chi connectivity index (χ0) is 19.8. The van der Waals surface area contributed by atoms with Crippen LogP contribution >= 0.6 is 11.6 Å². The maximum atomic E-state index is 12.2. The lowest BCUT2D eigenvalue weighted by molar-refractivity contribution is -0.384. The van der Waals surface area contributed by atoms with Crippen LogP contribution in [0.4, 0.5) is 11.4 Å². The van der Waals surface area contributed by atoms with Crippen molar-refractivity contribution in [1.82, 2.24) is 10.2 Å². The molecule has 7 nitrogen and oxygen atoms in total. The Morgan fingerprint density at radius 1 is 1.22 bits per heavy atom. The van der Waals surface area contributed by atoms with Crippen LogP contribution in [0.3, 0.4) is 0 Å². The van der Waals surface area contributed by atoms with Gasteiger partial charge in [-0.1, -0.05) is 29.8 Å². The first-order chi connectivity index (χ1) is 12.9. The van der Waals surface area contributed by atoms with Crippen LogP contribution < -0.4 is 10.6 Å². The highest BCUT2D eigenvalue weighted by atomic mass is 35.5. The number of amides is 1. The third kappa shape index (κ3) is 6.23. The molecule has 0 saturated heterocycles. The first-order valence-corrected chi connectivity index (χ1v) is 8.95. The van der Waals surface area contributed by atoms with Crippen molar-refractivity contribution < 1.29 is 9.72 Å². The molecule has 0 atom stereocenters. The number of carbonyl (C=O) groups is 1. The summed E-state index contributed by atoms with van der Waals surface area (Å²) >= 11 is 6.11. The fraction of sp³-hybridized carbons (Fsp3) is 0.316. The molecule has 2 rings (SSSR count). The second kappa shape index (κ2) is 9.89. The summed E-state index contributed by atoms with van der Waals surface area (Å²) in [5, 5.41) is 17.8. The van der Waals surface area contributed by atoms with Gasteiger partial charge in [-0.3, -0.25) is 14.9 Å². The van der Waals surface area contributed by atoms with E-state index in [1.165, 1.54) is 6.07 Å². The topological polar surface area (TPSA) is 87.5 Å². The van der Waals surface area contributed by atoms with Gasteiger partial charge in [0, 0.05) is 29.7 Å². The average molecular weight is 391 g/mol. The Balaban J connectivity index is 2.06. The fourth-order valence-corrected chi connectivity index (χ4v) is 2.71. The predicted molar refractivity (Wildman–Crippen MR) is 107 cm³/mol. The Morgan fingerprint density at radius 2 is 1.96 bits per heavy atom. The second-order valence-corrected chi connectivity index (χ2v) is 6.75. The van der Waals surface area contributed by atoms with Gasteiger partial charge < -0.3 is 15.5 Å². The summed E-state index contributed by atoms with van der Waals surface area (Å²) in [6.07, 6.45) is 0.804. The summed E-state index contributed by atoms with van der Waals surface area (Å²) in [6.45, 7) is 1.71. The number of nitrogens with zero attached hydrogens (tertiary/aromatic N) is 2. The van der Waals surface area contributed by atoms with E-state index in [0.717, 1.165) is 18.5 Å². The molecular weight excluding hydrogens is 368 g/mol. The maximum Gasteiger partial charge on any atom is 0.293 e. The summed E-state index contributed by atoms with van der Waals surface area (Å²) in [4.78, 5) is 25.1. The molecule has 27 heavy (non-hydrogen) atoms. The molecule has 2 aromatic rings. The quantitative estimate of drug-likeness (QED) is 0.388. The number of carbonyl (C=O) groups excluding carboxylic acids is 1. The number of nitro groups is 1. The number of hydrogen-bond donors (Lipinski definition) is 2. The molecule has 0 saturated carbocycles. The number of nitrogens with one attached hydrogen (secondary N) is 2. The van der Waals surface area contributed by atoms with Crippen molar-refractivity contribution >= 4 is 28.9 Å². The Hall–Kier alpha value is -2.64. The smallest absolute Gasteiger partial charge is 0.293 e. The third-order valence-corrected chi connectivity index (χ3v) is 4.32. The number of rotatable bonds is 9. The molecule has 2 N–H and O–H groups in total. The second-order valence-electron chi connectivity index (χ2n) is 6.35. The third-order valence-electron chi connectivity index (χ3n) is 3.95. The van der Waals surface area contributed by atoms with E-state index in [1.54, 1.807) is 18.2 Å². The highest BCUT2D eigenvalue weighted by Gasteiger charge is 2.17. The molecule has 0 aliphatic rings. The number of hydrogen-bond acceptors (Lipinski definition) is 5. The van der Waals surface area contributed by atoms with E-state index in [2.05, 4.69) is 10.6 Å². The van der Waals surface area contributed by atoms with Crippen LogP contribution in [-0.4, -0.2) is 42.9 Å². The molecule has 144 valence electrons. The summed E-state index contributed by atoms with van der Waals surface area (Å²) < 4.78 is 0. The van der Waals surface area contributed by atoms with Crippen molar-refractivity contribution in [3.05, 3.63) is 68.7 Å². The van der Waals surface area contributed by atoms with Crippen LogP contribution in [0.15, 0.2) is 42.5 Å². The molecule has 0 aliphatic carbocycles. The minimum Gasteiger partial charge on any atom is -0.375 e. The van der Waals surface area contributed by atoms with Crippen LogP contribution in [-0.2, 0) is 6.54 Å². The molecule has 0 aromatic heterocycles. The molecule has 0 spiro atoms. The summed E-state index contributed by atoms with van der Waals surface area (Å²) in [5.74, 6) is -0.325. The maximum absolute atomic E-state index is 12.2. The first-order valence-electron chi connectivity index (χ1n) is 8.57. The summed E-state index contributed by atoms with van der Waals surface area (Å²) in [7, 11) is 3.92. The lowest BCUT2D eigenvalue weighted by Crippen LogP contribution is -2.27. The average Bonchev–Trinajstić information content (AvgIpc) is 2.64. The molecule has 1 amide bonds. The zero-order valence-corrected chi connectivity index (χ0v) is 16.1. The van der Waals surface area contributed by atoms with Gasteiger partial charge in [0.1, 0.15) is 5.69 Å². The molecule has 0 unspecified atom stereocenters. The van der Waals surface area contributed by atoms with Crippen molar-refractivity contribution in [3.8, 4) is 0 Å². The summed E-state index contributed by atoms with van der Waals surface area (Å²) in [6, 6.07) is 11.7. The molecule has 2 aromatic carbocycles. The van der Waals surface area contributed by atoms with Gasteiger partial charge in [-0.2, -0.15) is 0 Å². The Labute approximate surface area is 163 Å².